The highest BCUT2D eigenvalue weighted by atomic mass is 19.1. The standard InChI is InChI=1S/C10H15FO/c1-7-4-5-10(11,9(3)12)6-8(7)2/h4-6H2,1-3H3. The van der Waals surface area contributed by atoms with Crippen molar-refractivity contribution in [3.05, 3.63) is 11.1 Å². The van der Waals surface area contributed by atoms with E-state index in [2.05, 4.69) is 0 Å². The molecule has 0 aromatic carbocycles. The summed E-state index contributed by atoms with van der Waals surface area (Å²) in [5, 5.41) is 0. The van der Waals surface area contributed by atoms with E-state index in [1.54, 1.807) is 0 Å². The number of Topliss-reactive ketones (excluding diaryl/α,β-unsaturated/α-hetero) is 1. The van der Waals surface area contributed by atoms with Gasteiger partial charge in [0.05, 0.1) is 0 Å². The van der Waals surface area contributed by atoms with Crippen LogP contribution in [0.1, 0.15) is 40.0 Å². The Hall–Kier alpha value is -0.660. The molecule has 0 saturated heterocycles. The van der Waals surface area contributed by atoms with Crippen LogP contribution in [0.25, 0.3) is 0 Å². The molecule has 0 fully saturated rings. The number of halogens is 1. The summed E-state index contributed by atoms with van der Waals surface area (Å²) in [5.74, 6) is -0.325. The zero-order valence-electron chi connectivity index (χ0n) is 7.91. The van der Waals surface area contributed by atoms with Crippen molar-refractivity contribution in [2.45, 2.75) is 45.7 Å². The van der Waals surface area contributed by atoms with E-state index in [-0.39, 0.29) is 5.78 Å². The Kier molecular flexibility index (Phi) is 2.36. The smallest absolute Gasteiger partial charge is 0.172 e. The molecule has 0 saturated carbocycles. The second-order valence-corrected chi connectivity index (χ2v) is 3.76. The molecule has 0 aliphatic heterocycles. The molecular formula is C10H15FO. The van der Waals surface area contributed by atoms with E-state index in [4.69, 9.17) is 0 Å². The highest BCUT2D eigenvalue weighted by Crippen LogP contribution is 2.35. The molecule has 0 aromatic heterocycles. The van der Waals surface area contributed by atoms with Crippen molar-refractivity contribution in [2.75, 3.05) is 0 Å². The quantitative estimate of drug-likeness (QED) is 0.553. The SMILES string of the molecule is CC(=O)C1(F)CCC(C)=C(C)C1. The van der Waals surface area contributed by atoms with Gasteiger partial charge in [0.2, 0.25) is 0 Å². The molecule has 1 aliphatic carbocycles. The van der Waals surface area contributed by atoms with E-state index in [0.717, 1.165) is 12.0 Å². The number of allylic oxidation sites excluding steroid dienone is 2. The molecule has 0 amide bonds. The molecule has 12 heavy (non-hydrogen) atoms. The van der Waals surface area contributed by atoms with E-state index < -0.39 is 5.67 Å². The molecule has 0 bridgehead atoms. The first-order chi connectivity index (χ1) is 5.46. The number of hydrogen-bond acceptors (Lipinski definition) is 1. The Morgan fingerprint density at radius 2 is 2.00 bits per heavy atom. The van der Waals surface area contributed by atoms with E-state index in [9.17, 15) is 9.18 Å². The van der Waals surface area contributed by atoms with Crippen LogP contribution in [0, 0.1) is 0 Å². The monoisotopic (exact) mass is 170 g/mol. The van der Waals surface area contributed by atoms with Gasteiger partial charge < -0.3 is 0 Å². The van der Waals surface area contributed by atoms with E-state index in [0.29, 0.717) is 12.8 Å². The van der Waals surface area contributed by atoms with Gasteiger partial charge in [-0.1, -0.05) is 11.1 Å². The van der Waals surface area contributed by atoms with Gasteiger partial charge in [-0.3, -0.25) is 4.79 Å². The van der Waals surface area contributed by atoms with Crippen molar-refractivity contribution in [3.63, 3.8) is 0 Å². The second-order valence-electron chi connectivity index (χ2n) is 3.76. The summed E-state index contributed by atoms with van der Waals surface area (Å²) in [6.45, 7) is 5.26. The second kappa shape index (κ2) is 3.00. The summed E-state index contributed by atoms with van der Waals surface area (Å²) >= 11 is 0. The average molecular weight is 170 g/mol. The number of hydrogen-bond donors (Lipinski definition) is 0. The third kappa shape index (κ3) is 1.57. The van der Waals surface area contributed by atoms with E-state index >= 15 is 0 Å². The molecule has 1 rings (SSSR count). The predicted molar refractivity (Wildman–Crippen MR) is 46.7 cm³/mol. The molecule has 1 unspecified atom stereocenters. The molecule has 0 heterocycles. The van der Waals surface area contributed by atoms with Crippen LogP contribution in [0.2, 0.25) is 0 Å². The number of ketones is 1. The van der Waals surface area contributed by atoms with Crippen molar-refractivity contribution in [1.82, 2.24) is 0 Å². The minimum absolute atomic E-state index is 0.300. The molecule has 0 spiro atoms. The van der Waals surface area contributed by atoms with Crippen LogP contribution in [0.4, 0.5) is 4.39 Å². The number of carbonyl (C=O) groups is 1. The van der Waals surface area contributed by atoms with Crippen LogP contribution in [-0.2, 0) is 4.79 Å². The zero-order chi connectivity index (χ0) is 9.35. The van der Waals surface area contributed by atoms with Gasteiger partial charge >= 0.3 is 0 Å². The number of rotatable bonds is 1. The van der Waals surface area contributed by atoms with Gasteiger partial charge in [0.15, 0.2) is 11.5 Å². The third-order valence-electron chi connectivity index (χ3n) is 2.80. The Balaban J connectivity index is 2.84. The number of alkyl halides is 1. The maximum absolute atomic E-state index is 13.7. The van der Waals surface area contributed by atoms with Crippen molar-refractivity contribution >= 4 is 5.78 Å². The summed E-state index contributed by atoms with van der Waals surface area (Å²) in [6.07, 6.45) is 1.39. The first-order valence-corrected chi connectivity index (χ1v) is 4.31. The van der Waals surface area contributed by atoms with Crippen molar-refractivity contribution in [3.8, 4) is 0 Å². The fourth-order valence-electron chi connectivity index (χ4n) is 1.56. The lowest BCUT2D eigenvalue weighted by atomic mass is 9.81. The van der Waals surface area contributed by atoms with Gasteiger partial charge in [-0.2, -0.15) is 0 Å². The van der Waals surface area contributed by atoms with Crippen LogP contribution < -0.4 is 0 Å². The van der Waals surface area contributed by atoms with Gasteiger partial charge in [0.25, 0.3) is 0 Å². The third-order valence-corrected chi connectivity index (χ3v) is 2.80. The van der Waals surface area contributed by atoms with E-state index in [1.165, 1.54) is 12.5 Å². The van der Waals surface area contributed by atoms with Gasteiger partial charge in [-0.05, 0) is 33.6 Å². The lowest BCUT2D eigenvalue weighted by molar-refractivity contribution is -0.129. The Morgan fingerprint density at radius 1 is 1.42 bits per heavy atom. The van der Waals surface area contributed by atoms with Crippen molar-refractivity contribution < 1.29 is 9.18 Å². The Labute approximate surface area is 72.7 Å². The summed E-state index contributed by atoms with van der Waals surface area (Å²) in [6, 6.07) is 0. The lowest BCUT2D eigenvalue weighted by Crippen LogP contribution is -2.34. The van der Waals surface area contributed by atoms with Gasteiger partial charge in [-0.25, -0.2) is 4.39 Å². The molecule has 1 atom stereocenters. The first kappa shape index (κ1) is 9.43. The predicted octanol–water partition coefficient (Wildman–Crippen LogP) is 2.80. The maximum Gasteiger partial charge on any atom is 0.172 e. The molecule has 1 nitrogen and oxygen atoms in total. The van der Waals surface area contributed by atoms with Gasteiger partial charge in [0, 0.05) is 6.42 Å². The minimum Gasteiger partial charge on any atom is -0.296 e. The molecule has 2 heteroatoms. The lowest BCUT2D eigenvalue weighted by Gasteiger charge is -2.28. The topological polar surface area (TPSA) is 17.1 Å². The average Bonchev–Trinajstić information content (AvgIpc) is 1.97. The van der Waals surface area contributed by atoms with Gasteiger partial charge in [0.1, 0.15) is 0 Å². The molecule has 0 aromatic rings. The normalized spacial score (nSPS) is 30.7. The van der Waals surface area contributed by atoms with E-state index in [1.807, 2.05) is 13.8 Å². The fourth-order valence-corrected chi connectivity index (χ4v) is 1.56. The molecule has 1 aliphatic rings. The largest absolute Gasteiger partial charge is 0.296 e. The Bertz CT molecular complexity index is 242. The van der Waals surface area contributed by atoms with Crippen LogP contribution in [0.15, 0.2) is 11.1 Å². The Morgan fingerprint density at radius 3 is 2.42 bits per heavy atom. The van der Waals surface area contributed by atoms with Crippen LogP contribution >= 0.6 is 0 Å². The summed E-state index contributed by atoms with van der Waals surface area (Å²) in [5.41, 5.74) is 0.715. The fraction of sp³-hybridized carbons (Fsp3) is 0.700. The van der Waals surface area contributed by atoms with Crippen LogP contribution in [0.3, 0.4) is 0 Å². The highest BCUT2D eigenvalue weighted by Gasteiger charge is 2.37. The summed E-state index contributed by atoms with van der Waals surface area (Å²) in [4.78, 5) is 11.0. The minimum atomic E-state index is -1.57. The summed E-state index contributed by atoms with van der Waals surface area (Å²) in [7, 11) is 0. The highest BCUT2D eigenvalue weighted by molar-refractivity contribution is 5.85. The molecular weight excluding hydrogens is 155 g/mol. The number of carbonyl (C=O) groups excluding carboxylic acids is 1. The van der Waals surface area contributed by atoms with Crippen molar-refractivity contribution in [1.29, 1.82) is 0 Å². The van der Waals surface area contributed by atoms with Crippen LogP contribution in [0.5, 0.6) is 0 Å². The zero-order valence-corrected chi connectivity index (χ0v) is 7.91. The maximum atomic E-state index is 13.7. The molecule has 68 valence electrons. The summed E-state index contributed by atoms with van der Waals surface area (Å²) < 4.78 is 13.7. The van der Waals surface area contributed by atoms with Crippen molar-refractivity contribution in [2.24, 2.45) is 0 Å². The molecule has 0 N–H and O–H groups in total. The molecule has 0 radical (unpaired) electrons. The van der Waals surface area contributed by atoms with Crippen LogP contribution in [-0.4, -0.2) is 11.5 Å². The first-order valence-electron chi connectivity index (χ1n) is 4.31. The van der Waals surface area contributed by atoms with Gasteiger partial charge in [-0.15, -0.1) is 0 Å².